The SMILES string of the molecule is CNC(=O)c1ncc(N2CCNCC2)s1.Cl. The fourth-order valence-electron chi connectivity index (χ4n) is 1.51. The zero-order valence-corrected chi connectivity index (χ0v) is 10.7. The van der Waals surface area contributed by atoms with Crippen molar-refractivity contribution in [2.45, 2.75) is 0 Å². The summed E-state index contributed by atoms with van der Waals surface area (Å²) in [5.41, 5.74) is 0. The van der Waals surface area contributed by atoms with Crippen LogP contribution in [0.15, 0.2) is 6.20 Å². The van der Waals surface area contributed by atoms with Crippen LogP contribution >= 0.6 is 23.7 Å². The molecule has 1 fully saturated rings. The van der Waals surface area contributed by atoms with Gasteiger partial charge >= 0.3 is 0 Å². The summed E-state index contributed by atoms with van der Waals surface area (Å²) in [5.74, 6) is -0.110. The summed E-state index contributed by atoms with van der Waals surface area (Å²) in [6, 6.07) is 0. The van der Waals surface area contributed by atoms with E-state index in [0.29, 0.717) is 5.01 Å². The zero-order valence-electron chi connectivity index (χ0n) is 9.02. The molecular weight excluding hydrogens is 248 g/mol. The number of nitrogens with one attached hydrogen (secondary N) is 2. The number of nitrogens with zero attached hydrogens (tertiary/aromatic N) is 2. The summed E-state index contributed by atoms with van der Waals surface area (Å²) >= 11 is 1.45. The molecule has 5 nitrogen and oxygen atoms in total. The Kier molecular flexibility index (Phi) is 4.98. The lowest BCUT2D eigenvalue weighted by Crippen LogP contribution is -2.43. The lowest BCUT2D eigenvalue weighted by atomic mass is 10.4. The van der Waals surface area contributed by atoms with E-state index < -0.39 is 0 Å². The van der Waals surface area contributed by atoms with Gasteiger partial charge in [-0.05, 0) is 0 Å². The molecule has 0 unspecified atom stereocenters. The van der Waals surface area contributed by atoms with Crippen LogP contribution < -0.4 is 15.5 Å². The third-order valence-corrected chi connectivity index (χ3v) is 3.40. The monoisotopic (exact) mass is 262 g/mol. The summed E-state index contributed by atoms with van der Waals surface area (Å²) < 4.78 is 0. The van der Waals surface area contributed by atoms with Gasteiger partial charge in [-0.25, -0.2) is 4.98 Å². The van der Waals surface area contributed by atoms with Crippen molar-refractivity contribution in [2.75, 3.05) is 38.1 Å². The van der Waals surface area contributed by atoms with Crippen molar-refractivity contribution in [1.82, 2.24) is 15.6 Å². The van der Waals surface area contributed by atoms with E-state index in [2.05, 4.69) is 20.5 Å². The maximum atomic E-state index is 11.3. The Balaban J connectivity index is 0.00000128. The number of hydrogen-bond acceptors (Lipinski definition) is 5. The van der Waals surface area contributed by atoms with E-state index in [4.69, 9.17) is 0 Å². The Bertz CT molecular complexity index is 351. The van der Waals surface area contributed by atoms with Crippen LogP contribution in [-0.4, -0.2) is 44.1 Å². The van der Waals surface area contributed by atoms with Crippen LogP contribution in [0.1, 0.15) is 9.80 Å². The molecule has 0 atom stereocenters. The topological polar surface area (TPSA) is 57.3 Å². The quantitative estimate of drug-likeness (QED) is 0.807. The van der Waals surface area contributed by atoms with E-state index >= 15 is 0 Å². The number of carbonyl (C=O) groups is 1. The summed E-state index contributed by atoms with van der Waals surface area (Å²) in [6.07, 6.45) is 1.78. The fourth-order valence-corrected chi connectivity index (χ4v) is 2.42. The molecule has 0 bridgehead atoms. The Morgan fingerprint density at radius 1 is 1.56 bits per heavy atom. The van der Waals surface area contributed by atoms with Crippen LogP contribution in [0.2, 0.25) is 0 Å². The van der Waals surface area contributed by atoms with Crippen LogP contribution in [-0.2, 0) is 0 Å². The van der Waals surface area contributed by atoms with Crippen LogP contribution in [0.4, 0.5) is 5.00 Å². The summed E-state index contributed by atoms with van der Waals surface area (Å²) in [4.78, 5) is 17.7. The fraction of sp³-hybridized carbons (Fsp3) is 0.556. The Labute approximate surface area is 105 Å². The lowest BCUT2D eigenvalue weighted by Gasteiger charge is -2.27. The minimum atomic E-state index is -0.110. The smallest absolute Gasteiger partial charge is 0.280 e. The minimum Gasteiger partial charge on any atom is -0.360 e. The van der Waals surface area contributed by atoms with Gasteiger partial charge in [-0.2, -0.15) is 0 Å². The van der Waals surface area contributed by atoms with Crippen LogP contribution in [0.25, 0.3) is 0 Å². The van der Waals surface area contributed by atoms with E-state index in [1.54, 1.807) is 13.2 Å². The average Bonchev–Trinajstić information content (AvgIpc) is 2.78. The first kappa shape index (κ1) is 13.2. The van der Waals surface area contributed by atoms with Gasteiger partial charge in [0.2, 0.25) is 0 Å². The number of piperazine rings is 1. The molecule has 0 saturated carbocycles. The molecule has 0 radical (unpaired) electrons. The lowest BCUT2D eigenvalue weighted by molar-refractivity contribution is 0.0962. The Hall–Kier alpha value is -0.850. The van der Waals surface area contributed by atoms with Crippen molar-refractivity contribution in [3.05, 3.63) is 11.2 Å². The second-order valence-electron chi connectivity index (χ2n) is 3.32. The van der Waals surface area contributed by atoms with E-state index in [-0.39, 0.29) is 18.3 Å². The molecule has 0 spiro atoms. The second-order valence-corrected chi connectivity index (χ2v) is 4.33. The molecule has 0 aliphatic carbocycles. The van der Waals surface area contributed by atoms with E-state index in [1.807, 2.05) is 0 Å². The normalized spacial score (nSPS) is 15.4. The van der Waals surface area contributed by atoms with Crippen molar-refractivity contribution in [3.8, 4) is 0 Å². The number of aromatic nitrogens is 1. The molecule has 2 N–H and O–H groups in total. The van der Waals surface area contributed by atoms with Crippen molar-refractivity contribution in [1.29, 1.82) is 0 Å². The van der Waals surface area contributed by atoms with E-state index in [9.17, 15) is 4.79 Å². The highest BCUT2D eigenvalue weighted by molar-refractivity contribution is 7.17. The van der Waals surface area contributed by atoms with Gasteiger partial charge in [0.05, 0.1) is 6.20 Å². The average molecular weight is 263 g/mol. The molecule has 1 amide bonds. The van der Waals surface area contributed by atoms with Crippen molar-refractivity contribution >= 4 is 34.7 Å². The standard InChI is InChI=1S/C9H14N4OS.ClH/c1-10-8(14)9-12-6-7(15-9)13-4-2-11-3-5-13;/h6,11H,2-5H2,1H3,(H,10,14);1H. The maximum Gasteiger partial charge on any atom is 0.280 e. The molecule has 1 aromatic heterocycles. The number of carbonyl (C=O) groups excluding carboxylic acids is 1. The summed E-state index contributed by atoms with van der Waals surface area (Å²) in [7, 11) is 1.62. The largest absolute Gasteiger partial charge is 0.360 e. The highest BCUT2D eigenvalue weighted by Crippen LogP contribution is 2.23. The number of amides is 1. The predicted molar refractivity (Wildman–Crippen MR) is 67.8 cm³/mol. The predicted octanol–water partition coefficient (Wildman–Crippen LogP) is 0.334. The van der Waals surface area contributed by atoms with Crippen LogP contribution in [0.3, 0.4) is 0 Å². The Morgan fingerprint density at radius 3 is 2.88 bits per heavy atom. The minimum absolute atomic E-state index is 0. The first-order valence-corrected chi connectivity index (χ1v) is 5.76. The number of rotatable bonds is 2. The highest BCUT2D eigenvalue weighted by atomic mass is 35.5. The first-order valence-electron chi connectivity index (χ1n) is 4.95. The number of anilines is 1. The summed E-state index contributed by atoms with van der Waals surface area (Å²) in [5, 5.41) is 7.48. The Morgan fingerprint density at radius 2 is 2.25 bits per heavy atom. The molecule has 7 heteroatoms. The van der Waals surface area contributed by atoms with Crippen LogP contribution in [0.5, 0.6) is 0 Å². The number of thiazole rings is 1. The van der Waals surface area contributed by atoms with Gasteiger partial charge in [-0.1, -0.05) is 11.3 Å². The first-order chi connectivity index (χ1) is 7.31. The van der Waals surface area contributed by atoms with Crippen molar-refractivity contribution < 1.29 is 4.79 Å². The van der Waals surface area contributed by atoms with Gasteiger partial charge in [0, 0.05) is 33.2 Å². The maximum absolute atomic E-state index is 11.3. The molecule has 16 heavy (non-hydrogen) atoms. The molecule has 2 heterocycles. The summed E-state index contributed by atoms with van der Waals surface area (Å²) in [6.45, 7) is 3.95. The van der Waals surface area contributed by atoms with Crippen LogP contribution in [0, 0.1) is 0 Å². The van der Waals surface area contributed by atoms with E-state index in [1.165, 1.54) is 11.3 Å². The molecule has 1 aliphatic rings. The molecule has 0 aromatic carbocycles. The highest BCUT2D eigenvalue weighted by Gasteiger charge is 2.15. The second kappa shape index (κ2) is 6.03. The van der Waals surface area contributed by atoms with Gasteiger partial charge in [0.25, 0.3) is 5.91 Å². The molecule has 1 saturated heterocycles. The van der Waals surface area contributed by atoms with Gasteiger partial charge in [-0.15, -0.1) is 12.4 Å². The molecule has 2 rings (SSSR count). The number of halogens is 1. The molecule has 90 valence electrons. The van der Waals surface area contributed by atoms with E-state index in [0.717, 1.165) is 31.2 Å². The molecule has 1 aliphatic heterocycles. The van der Waals surface area contributed by atoms with Gasteiger partial charge in [-0.3, -0.25) is 4.79 Å². The zero-order chi connectivity index (χ0) is 10.7. The van der Waals surface area contributed by atoms with Crippen molar-refractivity contribution in [2.24, 2.45) is 0 Å². The third-order valence-electron chi connectivity index (χ3n) is 2.34. The van der Waals surface area contributed by atoms with Gasteiger partial charge in [0.15, 0.2) is 5.01 Å². The molecule has 1 aromatic rings. The molecular formula is C9H15ClN4OS. The third kappa shape index (κ3) is 2.84. The van der Waals surface area contributed by atoms with Gasteiger partial charge in [0.1, 0.15) is 5.00 Å². The van der Waals surface area contributed by atoms with Gasteiger partial charge < -0.3 is 15.5 Å². The number of hydrogen-bond donors (Lipinski definition) is 2. The van der Waals surface area contributed by atoms with Crippen molar-refractivity contribution in [3.63, 3.8) is 0 Å².